The summed E-state index contributed by atoms with van der Waals surface area (Å²) in [5, 5.41) is 19.8. The van der Waals surface area contributed by atoms with Gasteiger partial charge in [-0.3, -0.25) is 4.90 Å². The molecule has 1 heterocycles. The summed E-state index contributed by atoms with van der Waals surface area (Å²) in [5.74, 6) is 0.329. The lowest BCUT2D eigenvalue weighted by Crippen LogP contribution is -2.48. The van der Waals surface area contributed by atoms with Crippen molar-refractivity contribution in [2.45, 2.75) is 38.3 Å². The number of nitrogens with zero attached hydrogens (tertiary/aromatic N) is 2. The molecule has 4 heteroatoms. The molecule has 1 atom stereocenters. The van der Waals surface area contributed by atoms with Gasteiger partial charge in [0.25, 0.3) is 0 Å². The van der Waals surface area contributed by atoms with Crippen LogP contribution < -0.4 is 0 Å². The number of aromatic hydroxyl groups is 1. The van der Waals surface area contributed by atoms with E-state index in [0.29, 0.717) is 11.8 Å². The highest BCUT2D eigenvalue weighted by molar-refractivity contribution is 5.30. The zero-order valence-corrected chi connectivity index (χ0v) is 16.5. The van der Waals surface area contributed by atoms with E-state index in [0.717, 1.165) is 51.1 Å². The number of phenolic OH excluding ortho intramolecular Hbond substituents is 1. The summed E-state index contributed by atoms with van der Waals surface area (Å²) in [6.45, 7) is 8.79. The smallest absolute Gasteiger partial charge is 0.115 e. The van der Waals surface area contributed by atoms with E-state index >= 15 is 0 Å². The van der Waals surface area contributed by atoms with E-state index in [1.165, 1.54) is 5.56 Å². The molecule has 1 aliphatic rings. The summed E-state index contributed by atoms with van der Waals surface area (Å²) in [6.07, 6.45) is 1.69. The Balaban J connectivity index is 1.67. The van der Waals surface area contributed by atoms with Gasteiger partial charge in [0.2, 0.25) is 0 Å². The topological polar surface area (TPSA) is 46.9 Å². The fraction of sp³-hybridized carbons (Fsp3) is 0.478. The lowest BCUT2D eigenvalue weighted by molar-refractivity contribution is 0.0413. The minimum absolute atomic E-state index is 0.310. The van der Waals surface area contributed by atoms with E-state index in [1.54, 1.807) is 6.07 Å². The largest absolute Gasteiger partial charge is 0.508 e. The quantitative estimate of drug-likeness (QED) is 0.786. The first-order chi connectivity index (χ1) is 12.9. The first-order valence-corrected chi connectivity index (χ1v) is 9.92. The highest BCUT2D eigenvalue weighted by atomic mass is 16.3. The number of hydrogen-bond donors (Lipinski definition) is 2. The Bertz CT molecular complexity index is 704. The minimum Gasteiger partial charge on any atom is -0.508 e. The molecule has 0 aliphatic carbocycles. The van der Waals surface area contributed by atoms with Crippen molar-refractivity contribution in [3.05, 3.63) is 65.7 Å². The number of rotatable bonds is 7. The molecule has 0 spiro atoms. The van der Waals surface area contributed by atoms with E-state index < -0.39 is 5.60 Å². The average Bonchev–Trinajstić information content (AvgIpc) is 2.65. The lowest BCUT2D eigenvalue weighted by Gasteiger charge is -2.40. The molecular formula is C23H32N2O2. The normalized spacial score (nSPS) is 17.7. The van der Waals surface area contributed by atoms with Crippen LogP contribution in [0.5, 0.6) is 5.75 Å². The first-order valence-electron chi connectivity index (χ1n) is 9.92. The van der Waals surface area contributed by atoms with Crippen LogP contribution in [-0.2, 0) is 6.42 Å². The third kappa shape index (κ3) is 6.06. The number of hydrogen-bond acceptors (Lipinski definition) is 4. The van der Waals surface area contributed by atoms with Gasteiger partial charge in [-0.1, -0.05) is 42.5 Å². The Morgan fingerprint density at radius 1 is 0.963 bits per heavy atom. The van der Waals surface area contributed by atoms with Gasteiger partial charge < -0.3 is 15.1 Å². The zero-order valence-electron chi connectivity index (χ0n) is 16.5. The molecular weight excluding hydrogens is 336 g/mol. The van der Waals surface area contributed by atoms with Crippen LogP contribution in [0, 0.1) is 0 Å². The maximum Gasteiger partial charge on any atom is 0.115 e. The monoisotopic (exact) mass is 368 g/mol. The van der Waals surface area contributed by atoms with Gasteiger partial charge in [0.15, 0.2) is 0 Å². The molecule has 3 rings (SSSR count). The van der Waals surface area contributed by atoms with Gasteiger partial charge in [-0.2, -0.15) is 0 Å². The number of piperazine rings is 1. The van der Waals surface area contributed by atoms with Gasteiger partial charge >= 0.3 is 0 Å². The number of phenols is 1. The molecule has 0 bridgehead atoms. The van der Waals surface area contributed by atoms with Gasteiger partial charge in [0.05, 0.1) is 5.60 Å². The maximum absolute atomic E-state index is 9.97. The van der Waals surface area contributed by atoms with Crippen molar-refractivity contribution in [2.75, 3.05) is 32.7 Å². The van der Waals surface area contributed by atoms with Crippen molar-refractivity contribution in [1.29, 1.82) is 0 Å². The maximum atomic E-state index is 9.97. The van der Waals surface area contributed by atoms with Gasteiger partial charge in [-0.05, 0) is 49.9 Å². The SMILES string of the molecule is CC(C)(O)CCN1CCN(C(Cc2cccc(O)c2)c2ccccc2)CC1. The van der Waals surface area contributed by atoms with E-state index in [1.807, 2.05) is 26.0 Å². The third-order valence-electron chi connectivity index (χ3n) is 5.41. The molecule has 1 saturated heterocycles. The molecule has 0 aromatic heterocycles. The van der Waals surface area contributed by atoms with Crippen molar-refractivity contribution in [2.24, 2.45) is 0 Å². The second-order valence-electron chi connectivity index (χ2n) is 8.24. The minimum atomic E-state index is -0.598. The molecule has 146 valence electrons. The molecule has 0 radical (unpaired) electrons. The van der Waals surface area contributed by atoms with E-state index in [9.17, 15) is 10.2 Å². The van der Waals surface area contributed by atoms with E-state index in [-0.39, 0.29) is 0 Å². The fourth-order valence-corrected chi connectivity index (χ4v) is 3.77. The summed E-state index contributed by atoms with van der Waals surface area (Å²) in [5.41, 5.74) is 1.89. The summed E-state index contributed by atoms with van der Waals surface area (Å²) in [7, 11) is 0. The first kappa shape index (κ1) is 19.9. The molecule has 0 amide bonds. The third-order valence-corrected chi connectivity index (χ3v) is 5.41. The second-order valence-corrected chi connectivity index (χ2v) is 8.24. The van der Waals surface area contributed by atoms with Gasteiger partial charge in [0, 0.05) is 38.8 Å². The summed E-state index contributed by atoms with van der Waals surface area (Å²) >= 11 is 0. The Hall–Kier alpha value is -1.88. The van der Waals surface area contributed by atoms with Gasteiger partial charge in [0.1, 0.15) is 5.75 Å². The Morgan fingerprint density at radius 2 is 1.67 bits per heavy atom. The molecule has 1 unspecified atom stereocenters. The van der Waals surface area contributed by atoms with Crippen LogP contribution in [0.15, 0.2) is 54.6 Å². The lowest BCUT2D eigenvalue weighted by atomic mass is 9.96. The average molecular weight is 369 g/mol. The van der Waals surface area contributed by atoms with Crippen LogP contribution in [0.4, 0.5) is 0 Å². The van der Waals surface area contributed by atoms with Crippen molar-refractivity contribution in [3.63, 3.8) is 0 Å². The van der Waals surface area contributed by atoms with Crippen LogP contribution in [0.2, 0.25) is 0 Å². The van der Waals surface area contributed by atoms with E-state index in [2.05, 4.69) is 46.2 Å². The molecule has 2 aromatic carbocycles. The van der Waals surface area contributed by atoms with Crippen molar-refractivity contribution in [1.82, 2.24) is 9.80 Å². The predicted octanol–water partition coefficient (Wildman–Crippen LogP) is 3.45. The highest BCUT2D eigenvalue weighted by Gasteiger charge is 2.26. The molecule has 27 heavy (non-hydrogen) atoms. The van der Waals surface area contributed by atoms with Gasteiger partial charge in [-0.25, -0.2) is 0 Å². The van der Waals surface area contributed by atoms with Crippen LogP contribution in [-0.4, -0.2) is 58.3 Å². The van der Waals surface area contributed by atoms with Gasteiger partial charge in [-0.15, -0.1) is 0 Å². The van der Waals surface area contributed by atoms with Crippen molar-refractivity contribution >= 4 is 0 Å². The Morgan fingerprint density at radius 3 is 2.30 bits per heavy atom. The highest BCUT2D eigenvalue weighted by Crippen LogP contribution is 2.27. The summed E-state index contributed by atoms with van der Waals surface area (Å²) in [6, 6.07) is 18.6. The molecule has 2 aromatic rings. The standard InChI is InChI=1S/C23H32N2O2/c1-23(2,27)11-12-24-13-15-25(16-14-24)22(20-8-4-3-5-9-20)18-19-7-6-10-21(26)17-19/h3-10,17,22,26-27H,11-16,18H2,1-2H3. The Labute approximate surface area is 163 Å². The zero-order chi connectivity index (χ0) is 19.3. The van der Waals surface area contributed by atoms with Crippen molar-refractivity contribution < 1.29 is 10.2 Å². The molecule has 1 fully saturated rings. The van der Waals surface area contributed by atoms with Crippen LogP contribution in [0.25, 0.3) is 0 Å². The molecule has 4 nitrogen and oxygen atoms in total. The molecule has 0 saturated carbocycles. The number of aliphatic hydroxyl groups is 1. The van der Waals surface area contributed by atoms with Crippen LogP contribution in [0.3, 0.4) is 0 Å². The summed E-state index contributed by atoms with van der Waals surface area (Å²) in [4.78, 5) is 5.00. The van der Waals surface area contributed by atoms with Crippen LogP contribution in [0.1, 0.15) is 37.4 Å². The van der Waals surface area contributed by atoms with Crippen LogP contribution >= 0.6 is 0 Å². The number of benzene rings is 2. The predicted molar refractivity (Wildman–Crippen MR) is 110 cm³/mol. The van der Waals surface area contributed by atoms with Crippen molar-refractivity contribution in [3.8, 4) is 5.75 Å². The molecule has 2 N–H and O–H groups in total. The van der Waals surface area contributed by atoms with E-state index in [4.69, 9.17) is 0 Å². The molecule has 1 aliphatic heterocycles. The Kier molecular flexibility index (Phi) is 6.53. The second kappa shape index (κ2) is 8.87. The summed E-state index contributed by atoms with van der Waals surface area (Å²) < 4.78 is 0. The fourth-order valence-electron chi connectivity index (χ4n) is 3.77.